The molecule has 0 spiro atoms. The van der Waals surface area contributed by atoms with Gasteiger partial charge in [-0.15, -0.1) is 0 Å². The highest BCUT2D eigenvalue weighted by molar-refractivity contribution is 7.02. The zero-order valence-corrected chi connectivity index (χ0v) is 9.99. The second-order valence-corrected chi connectivity index (χ2v) is 6.18. The van der Waals surface area contributed by atoms with E-state index in [1.807, 2.05) is 0 Å². The van der Waals surface area contributed by atoms with Crippen LogP contribution in [0.2, 0.25) is 0 Å². The fourth-order valence-corrected chi connectivity index (χ4v) is 3.48. The lowest BCUT2D eigenvalue weighted by Crippen LogP contribution is -2.49. The van der Waals surface area contributed by atoms with Crippen molar-refractivity contribution in [3.8, 4) is 0 Å². The molecule has 1 aromatic rings. The molecule has 5 heteroatoms. The summed E-state index contributed by atoms with van der Waals surface area (Å²) in [6.45, 7) is 5.19. The molecule has 0 aromatic carbocycles. The van der Waals surface area contributed by atoms with Gasteiger partial charge in [-0.2, -0.15) is 4.37 Å². The third kappa shape index (κ3) is 2.13. The van der Waals surface area contributed by atoms with Crippen LogP contribution in [-0.2, 0) is 6.42 Å². The van der Waals surface area contributed by atoms with Crippen LogP contribution >= 0.6 is 11.5 Å². The average molecular weight is 227 g/mol. The van der Waals surface area contributed by atoms with Gasteiger partial charge in [0.25, 0.3) is 0 Å². The predicted molar refractivity (Wildman–Crippen MR) is 60.9 cm³/mol. The van der Waals surface area contributed by atoms with E-state index in [4.69, 9.17) is 5.73 Å². The van der Waals surface area contributed by atoms with Gasteiger partial charge in [-0.3, -0.25) is 9.78 Å². The quantitative estimate of drug-likeness (QED) is 0.813. The summed E-state index contributed by atoms with van der Waals surface area (Å²) in [4.78, 5) is 13.7. The summed E-state index contributed by atoms with van der Waals surface area (Å²) < 4.78 is 4.10. The molecule has 0 amide bonds. The van der Waals surface area contributed by atoms with E-state index in [-0.39, 0.29) is 10.3 Å². The SMILES string of the molecule is CC1(C)CC(CN)(Cc2nsc(=O)[nH]2)C1. The van der Waals surface area contributed by atoms with Crippen molar-refractivity contribution in [2.75, 3.05) is 6.54 Å². The van der Waals surface area contributed by atoms with E-state index in [1.165, 1.54) is 0 Å². The predicted octanol–water partition coefficient (Wildman–Crippen LogP) is 1.14. The lowest BCUT2D eigenvalue weighted by molar-refractivity contribution is -0.00628. The maximum absolute atomic E-state index is 11.0. The van der Waals surface area contributed by atoms with Crippen molar-refractivity contribution in [1.82, 2.24) is 9.36 Å². The number of hydrogen-bond acceptors (Lipinski definition) is 4. The molecule has 15 heavy (non-hydrogen) atoms. The molecular weight excluding hydrogens is 210 g/mol. The Balaban J connectivity index is 2.08. The van der Waals surface area contributed by atoms with Crippen LogP contribution in [0.1, 0.15) is 32.5 Å². The molecule has 1 fully saturated rings. The van der Waals surface area contributed by atoms with E-state index in [2.05, 4.69) is 23.2 Å². The molecule has 0 unspecified atom stereocenters. The van der Waals surface area contributed by atoms with E-state index in [9.17, 15) is 4.79 Å². The molecule has 1 heterocycles. The van der Waals surface area contributed by atoms with E-state index in [0.717, 1.165) is 36.6 Å². The van der Waals surface area contributed by atoms with Gasteiger partial charge in [0, 0.05) is 18.0 Å². The largest absolute Gasteiger partial charge is 0.330 e. The number of nitrogens with zero attached hydrogens (tertiary/aromatic N) is 1. The van der Waals surface area contributed by atoms with Gasteiger partial charge in [-0.05, 0) is 30.2 Å². The summed E-state index contributed by atoms with van der Waals surface area (Å²) in [6, 6.07) is 0. The lowest BCUT2D eigenvalue weighted by Gasteiger charge is -2.52. The highest BCUT2D eigenvalue weighted by Crippen LogP contribution is 2.54. The number of nitrogens with two attached hydrogens (primary N) is 1. The van der Waals surface area contributed by atoms with E-state index in [0.29, 0.717) is 12.0 Å². The smallest absolute Gasteiger partial charge is 0.323 e. The Hall–Kier alpha value is -0.680. The Labute approximate surface area is 93.1 Å². The lowest BCUT2D eigenvalue weighted by atomic mass is 9.53. The fraction of sp³-hybridized carbons (Fsp3) is 0.800. The summed E-state index contributed by atoms with van der Waals surface area (Å²) in [5, 5.41) is 0. The Kier molecular flexibility index (Phi) is 2.47. The first-order chi connectivity index (χ1) is 6.95. The zero-order chi connectivity index (χ0) is 11.1. The third-order valence-electron chi connectivity index (χ3n) is 3.17. The molecule has 0 aliphatic heterocycles. The van der Waals surface area contributed by atoms with Crippen molar-refractivity contribution in [1.29, 1.82) is 0 Å². The molecule has 1 saturated carbocycles. The Morgan fingerprint density at radius 2 is 2.20 bits per heavy atom. The number of aromatic amines is 1. The molecule has 84 valence electrons. The van der Waals surface area contributed by atoms with Crippen molar-refractivity contribution >= 4 is 11.5 Å². The number of hydrogen-bond donors (Lipinski definition) is 2. The van der Waals surface area contributed by atoms with Crippen LogP contribution in [0.25, 0.3) is 0 Å². The summed E-state index contributed by atoms with van der Waals surface area (Å²) in [5.41, 5.74) is 6.39. The maximum atomic E-state index is 11.0. The van der Waals surface area contributed by atoms with Gasteiger partial charge in [0.1, 0.15) is 5.82 Å². The van der Waals surface area contributed by atoms with Crippen LogP contribution in [0.3, 0.4) is 0 Å². The summed E-state index contributed by atoms with van der Waals surface area (Å²) in [7, 11) is 0. The van der Waals surface area contributed by atoms with Gasteiger partial charge in [-0.1, -0.05) is 13.8 Å². The van der Waals surface area contributed by atoms with Crippen LogP contribution in [0.4, 0.5) is 0 Å². The van der Waals surface area contributed by atoms with Crippen LogP contribution in [0.5, 0.6) is 0 Å². The fourth-order valence-electron chi connectivity index (χ4n) is 3.01. The van der Waals surface area contributed by atoms with Crippen molar-refractivity contribution in [3.05, 3.63) is 15.5 Å². The molecule has 1 aromatic heterocycles. The molecule has 0 saturated heterocycles. The van der Waals surface area contributed by atoms with Crippen molar-refractivity contribution in [2.24, 2.45) is 16.6 Å². The monoisotopic (exact) mass is 227 g/mol. The highest BCUT2D eigenvalue weighted by Gasteiger charge is 2.48. The van der Waals surface area contributed by atoms with E-state index < -0.39 is 0 Å². The summed E-state index contributed by atoms with van der Waals surface area (Å²) in [5.74, 6) is 0.797. The van der Waals surface area contributed by atoms with Crippen molar-refractivity contribution < 1.29 is 0 Å². The molecule has 4 nitrogen and oxygen atoms in total. The molecule has 2 rings (SSSR count). The molecule has 1 aliphatic rings. The number of nitrogens with one attached hydrogen (secondary N) is 1. The van der Waals surface area contributed by atoms with Gasteiger partial charge < -0.3 is 5.73 Å². The first-order valence-corrected chi connectivity index (χ1v) is 5.97. The van der Waals surface area contributed by atoms with Gasteiger partial charge in [-0.25, -0.2) is 0 Å². The molecule has 0 bridgehead atoms. The van der Waals surface area contributed by atoms with Gasteiger partial charge in [0.2, 0.25) is 0 Å². The topological polar surface area (TPSA) is 71.8 Å². The Morgan fingerprint density at radius 3 is 2.60 bits per heavy atom. The second-order valence-electron chi connectivity index (χ2n) is 5.44. The standard InChI is InChI=1S/C10H17N3OS/c1-9(2)4-10(5-9,6-11)3-7-12-8(14)15-13-7/h3-6,11H2,1-2H3,(H,12,13,14). The normalized spacial score (nSPS) is 22.3. The summed E-state index contributed by atoms with van der Waals surface area (Å²) >= 11 is 0.988. The van der Waals surface area contributed by atoms with Gasteiger partial charge >= 0.3 is 4.87 Å². The van der Waals surface area contributed by atoms with Crippen LogP contribution in [0, 0.1) is 10.8 Å². The number of rotatable bonds is 3. The zero-order valence-electron chi connectivity index (χ0n) is 9.17. The number of aromatic nitrogens is 2. The first-order valence-electron chi connectivity index (χ1n) is 5.20. The van der Waals surface area contributed by atoms with E-state index >= 15 is 0 Å². The molecular formula is C10H17N3OS. The van der Waals surface area contributed by atoms with Crippen molar-refractivity contribution in [2.45, 2.75) is 33.1 Å². The summed E-state index contributed by atoms with van der Waals surface area (Å²) in [6.07, 6.45) is 3.05. The first kappa shape index (κ1) is 10.8. The minimum Gasteiger partial charge on any atom is -0.330 e. The highest BCUT2D eigenvalue weighted by atomic mass is 32.1. The van der Waals surface area contributed by atoms with Crippen LogP contribution < -0.4 is 10.6 Å². The minimum absolute atomic E-state index is 0.0734. The van der Waals surface area contributed by atoms with Gasteiger partial charge in [0.05, 0.1) is 0 Å². The average Bonchev–Trinajstić information content (AvgIpc) is 2.47. The van der Waals surface area contributed by atoms with Crippen molar-refractivity contribution in [3.63, 3.8) is 0 Å². The third-order valence-corrected chi connectivity index (χ3v) is 3.75. The van der Waals surface area contributed by atoms with E-state index in [1.54, 1.807) is 0 Å². The maximum Gasteiger partial charge on any atom is 0.323 e. The van der Waals surface area contributed by atoms with Crippen LogP contribution in [-0.4, -0.2) is 15.9 Å². The molecule has 3 N–H and O–H groups in total. The molecule has 1 aliphatic carbocycles. The van der Waals surface area contributed by atoms with Crippen LogP contribution in [0.15, 0.2) is 4.79 Å². The molecule has 0 radical (unpaired) electrons. The minimum atomic E-state index is -0.0734. The second kappa shape index (κ2) is 3.42. The Morgan fingerprint density at radius 1 is 1.53 bits per heavy atom. The van der Waals surface area contributed by atoms with Gasteiger partial charge in [0.15, 0.2) is 0 Å². The molecule has 0 atom stereocenters. The Bertz CT molecular complexity index is 399. The number of H-pyrrole nitrogens is 1.